The van der Waals surface area contributed by atoms with Gasteiger partial charge >= 0.3 is 0 Å². The minimum absolute atomic E-state index is 0.265. The maximum atomic E-state index is 13.4. The van der Waals surface area contributed by atoms with E-state index in [9.17, 15) is 9.59 Å². The van der Waals surface area contributed by atoms with Crippen molar-refractivity contribution in [3.8, 4) is 0 Å². The van der Waals surface area contributed by atoms with Crippen LogP contribution in [0.4, 0.5) is 0 Å². The first-order valence-electron chi connectivity index (χ1n) is 8.91. The van der Waals surface area contributed by atoms with Crippen LogP contribution in [-0.4, -0.2) is 17.2 Å². The molecule has 27 heavy (non-hydrogen) atoms. The van der Waals surface area contributed by atoms with E-state index in [0.29, 0.717) is 16.9 Å². The molecule has 0 aromatic heterocycles. The molecule has 5 rings (SSSR count). The van der Waals surface area contributed by atoms with E-state index >= 15 is 0 Å². The number of benzene rings is 3. The van der Waals surface area contributed by atoms with Crippen molar-refractivity contribution in [2.75, 3.05) is 0 Å². The lowest BCUT2D eigenvalue weighted by Crippen LogP contribution is -2.46. The predicted molar refractivity (Wildman–Crippen MR) is 103 cm³/mol. The second kappa shape index (κ2) is 5.78. The molecule has 1 spiro atoms. The van der Waals surface area contributed by atoms with Gasteiger partial charge in [-0.25, -0.2) is 0 Å². The summed E-state index contributed by atoms with van der Waals surface area (Å²) < 4.78 is 6.23. The zero-order valence-corrected chi connectivity index (χ0v) is 14.5. The van der Waals surface area contributed by atoms with Gasteiger partial charge in [-0.1, -0.05) is 84.9 Å². The normalized spacial score (nSPS) is 19.7. The molecule has 0 amide bonds. The van der Waals surface area contributed by atoms with Crippen molar-refractivity contribution in [3.63, 3.8) is 0 Å². The number of hydrogen-bond acceptors (Lipinski definition) is 3. The molecule has 0 fully saturated rings. The zero-order chi connectivity index (χ0) is 18.4. The molecule has 1 heterocycles. The molecule has 3 heteroatoms. The third-order valence-corrected chi connectivity index (χ3v) is 5.33. The molecule has 130 valence electrons. The Morgan fingerprint density at radius 3 is 1.78 bits per heavy atom. The van der Waals surface area contributed by atoms with Crippen molar-refractivity contribution in [1.29, 1.82) is 0 Å². The van der Waals surface area contributed by atoms with Crippen LogP contribution < -0.4 is 0 Å². The van der Waals surface area contributed by atoms with Crippen LogP contribution >= 0.6 is 0 Å². The largest absolute Gasteiger partial charge is 0.469 e. The number of rotatable bonds is 2. The second-order valence-electron chi connectivity index (χ2n) is 6.83. The summed E-state index contributed by atoms with van der Waals surface area (Å²) in [5.41, 5.74) is 1.05. The van der Waals surface area contributed by atoms with Crippen LogP contribution in [-0.2, 0) is 4.74 Å². The van der Waals surface area contributed by atoms with Gasteiger partial charge in [0.1, 0.15) is 5.76 Å². The van der Waals surface area contributed by atoms with Crippen molar-refractivity contribution in [2.45, 2.75) is 11.5 Å². The summed E-state index contributed by atoms with van der Waals surface area (Å²) in [4.78, 5) is 26.8. The number of fused-ring (bicyclic) bond motifs is 1. The fourth-order valence-corrected chi connectivity index (χ4v) is 4.05. The Kier molecular flexibility index (Phi) is 3.37. The molecule has 1 aliphatic heterocycles. The molecule has 0 N–H and O–H groups in total. The standard InChI is InChI=1S/C24H16O3/c25-22-18-13-7-8-14-19(18)23(26)24(22)20(16-9-3-1-4-10-16)15-21(27-24)17-11-5-2-6-12-17/h1-15,20H/t20-/m0/s1. The van der Waals surface area contributed by atoms with Gasteiger partial charge in [0.05, 0.1) is 5.92 Å². The average molecular weight is 352 g/mol. The van der Waals surface area contributed by atoms with Crippen LogP contribution in [0.25, 0.3) is 5.76 Å². The topological polar surface area (TPSA) is 43.4 Å². The van der Waals surface area contributed by atoms with E-state index in [1.165, 1.54) is 0 Å². The maximum Gasteiger partial charge on any atom is 0.243 e. The van der Waals surface area contributed by atoms with Crippen molar-refractivity contribution in [1.82, 2.24) is 0 Å². The average Bonchev–Trinajstić information content (AvgIpc) is 3.24. The Morgan fingerprint density at radius 1 is 0.667 bits per heavy atom. The number of carbonyl (C=O) groups is 2. The predicted octanol–water partition coefficient (Wildman–Crippen LogP) is 4.66. The molecule has 3 aromatic rings. The van der Waals surface area contributed by atoms with E-state index in [1.54, 1.807) is 24.3 Å². The van der Waals surface area contributed by atoms with Crippen molar-refractivity contribution in [3.05, 3.63) is 113 Å². The minimum Gasteiger partial charge on any atom is -0.469 e. The molecular weight excluding hydrogens is 336 g/mol. The highest BCUT2D eigenvalue weighted by molar-refractivity contribution is 6.33. The van der Waals surface area contributed by atoms with Crippen LogP contribution in [0.5, 0.6) is 0 Å². The van der Waals surface area contributed by atoms with E-state index in [1.807, 2.05) is 66.7 Å². The van der Waals surface area contributed by atoms with Crippen molar-refractivity contribution in [2.24, 2.45) is 0 Å². The number of Topliss-reactive ketones (excluding diaryl/α,β-unsaturated/α-hetero) is 2. The number of carbonyl (C=O) groups excluding carboxylic acids is 2. The highest BCUT2D eigenvalue weighted by Gasteiger charge is 2.62. The molecule has 3 aromatic carbocycles. The molecule has 2 aliphatic rings. The van der Waals surface area contributed by atoms with E-state index < -0.39 is 11.5 Å². The van der Waals surface area contributed by atoms with Crippen LogP contribution in [0.15, 0.2) is 91.0 Å². The highest BCUT2D eigenvalue weighted by Crippen LogP contribution is 2.50. The Hall–Kier alpha value is -3.46. The quantitative estimate of drug-likeness (QED) is 0.630. The minimum atomic E-state index is -1.56. The Morgan fingerprint density at radius 2 is 1.19 bits per heavy atom. The summed E-state index contributed by atoms with van der Waals surface area (Å²) in [5, 5.41) is 0. The fraction of sp³-hybridized carbons (Fsp3) is 0.0833. The summed E-state index contributed by atoms with van der Waals surface area (Å²) in [6, 6.07) is 26.2. The lowest BCUT2D eigenvalue weighted by atomic mass is 9.79. The molecule has 0 bridgehead atoms. The monoisotopic (exact) mass is 352 g/mol. The summed E-state index contributed by atoms with van der Waals surface area (Å²) >= 11 is 0. The highest BCUT2D eigenvalue weighted by atomic mass is 16.5. The van der Waals surface area contributed by atoms with E-state index in [0.717, 1.165) is 11.1 Å². The third kappa shape index (κ3) is 2.15. The van der Waals surface area contributed by atoms with Gasteiger partial charge in [0, 0.05) is 16.7 Å². The molecule has 0 unspecified atom stereocenters. The van der Waals surface area contributed by atoms with Crippen LogP contribution in [0.1, 0.15) is 37.8 Å². The third-order valence-electron chi connectivity index (χ3n) is 5.33. The maximum absolute atomic E-state index is 13.4. The number of ketones is 2. The fourth-order valence-electron chi connectivity index (χ4n) is 4.05. The Balaban J connectivity index is 1.71. The first-order valence-corrected chi connectivity index (χ1v) is 8.91. The van der Waals surface area contributed by atoms with E-state index in [4.69, 9.17) is 4.74 Å². The van der Waals surface area contributed by atoms with E-state index in [-0.39, 0.29) is 11.6 Å². The van der Waals surface area contributed by atoms with Gasteiger partial charge in [0.15, 0.2) is 0 Å². The van der Waals surface area contributed by atoms with E-state index in [2.05, 4.69) is 0 Å². The molecule has 0 saturated heterocycles. The molecule has 1 aliphatic carbocycles. The summed E-state index contributed by atoms with van der Waals surface area (Å²) in [5.74, 6) is -0.432. The summed E-state index contributed by atoms with van der Waals surface area (Å²) in [7, 11) is 0. The SMILES string of the molecule is O=C1c2ccccc2C(=O)C12OC(c1ccccc1)=C[C@H]2c1ccccc1. The zero-order valence-electron chi connectivity index (χ0n) is 14.5. The Bertz CT molecular complexity index is 1050. The molecular formula is C24H16O3. The smallest absolute Gasteiger partial charge is 0.243 e. The van der Waals surface area contributed by atoms with Gasteiger partial charge in [-0.3, -0.25) is 9.59 Å². The summed E-state index contributed by atoms with van der Waals surface area (Å²) in [6.45, 7) is 0. The molecule has 3 nitrogen and oxygen atoms in total. The molecule has 0 saturated carbocycles. The molecule has 1 atom stereocenters. The van der Waals surface area contributed by atoms with Crippen LogP contribution in [0.3, 0.4) is 0 Å². The first-order chi connectivity index (χ1) is 13.2. The van der Waals surface area contributed by atoms with Crippen LogP contribution in [0.2, 0.25) is 0 Å². The van der Waals surface area contributed by atoms with Crippen molar-refractivity contribution < 1.29 is 14.3 Å². The lowest BCUT2D eigenvalue weighted by molar-refractivity contribution is 0.0351. The summed E-state index contributed by atoms with van der Waals surface area (Å²) in [6.07, 6.45) is 1.91. The van der Waals surface area contributed by atoms with Gasteiger partial charge in [0.2, 0.25) is 17.2 Å². The van der Waals surface area contributed by atoms with Gasteiger partial charge in [0.25, 0.3) is 0 Å². The molecule has 0 radical (unpaired) electrons. The second-order valence-corrected chi connectivity index (χ2v) is 6.83. The van der Waals surface area contributed by atoms with Gasteiger partial charge < -0.3 is 4.74 Å². The number of ether oxygens (including phenoxy) is 1. The first kappa shape index (κ1) is 15.8. The van der Waals surface area contributed by atoms with Gasteiger partial charge in [-0.2, -0.15) is 0 Å². The van der Waals surface area contributed by atoms with Crippen LogP contribution in [0, 0.1) is 0 Å². The van der Waals surface area contributed by atoms with Crippen molar-refractivity contribution >= 4 is 17.3 Å². The van der Waals surface area contributed by atoms with Gasteiger partial charge in [-0.15, -0.1) is 0 Å². The lowest BCUT2D eigenvalue weighted by Gasteiger charge is -2.28. The Labute approximate surface area is 156 Å². The van der Waals surface area contributed by atoms with Gasteiger partial charge in [-0.05, 0) is 11.6 Å². The number of hydrogen-bond donors (Lipinski definition) is 0.